The summed E-state index contributed by atoms with van der Waals surface area (Å²) in [6.45, 7) is 2.86. The van der Waals surface area contributed by atoms with Crippen molar-refractivity contribution in [3.63, 3.8) is 0 Å². The maximum absolute atomic E-state index is 6.48. The van der Waals surface area contributed by atoms with Gasteiger partial charge in [0.2, 0.25) is 0 Å². The number of thiophene rings is 1. The lowest BCUT2D eigenvalue weighted by Gasteiger charge is -2.16. The quantitative estimate of drug-likeness (QED) is 0.710. The second-order valence-electron chi connectivity index (χ2n) is 5.96. The molecule has 2 aromatic carbocycles. The van der Waals surface area contributed by atoms with Crippen molar-refractivity contribution in [2.24, 2.45) is 0 Å². The van der Waals surface area contributed by atoms with Gasteiger partial charge in [-0.1, -0.05) is 29.8 Å². The Balaban J connectivity index is 1.60. The summed E-state index contributed by atoms with van der Waals surface area (Å²) in [5, 5.41) is 11.3. The van der Waals surface area contributed by atoms with E-state index in [2.05, 4.69) is 46.3 Å². The lowest BCUT2D eigenvalue weighted by Crippen LogP contribution is -2.16. The number of hydrogen-bond donors (Lipinski definition) is 2. The topological polar surface area (TPSA) is 24.1 Å². The number of benzene rings is 2. The Morgan fingerprint density at radius 3 is 2.96 bits per heavy atom. The van der Waals surface area contributed by atoms with Crippen LogP contribution < -0.4 is 10.6 Å². The van der Waals surface area contributed by atoms with E-state index in [1.54, 1.807) is 11.3 Å². The first-order chi connectivity index (χ1) is 11.3. The average Bonchev–Trinajstić information content (AvgIpc) is 2.90. The first kappa shape index (κ1) is 15.0. The minimum atomic E-state index is 0.803. The van der Waals surface area contributed by atoms with Gasteiger partial charge in [-0.25, -0.2) is 0 Å². The number of anilines is 1. The monoisotopic (exact) mass is 342 g/mol. The van der Waals surface area contributed by atoms with Crippen LogP contribution in [0.4, 0.5) is 5.69 Å². The minimum Gasteiger partial charge on any atom is -0.380 e. The molecular formula is C19H19ClN2S. The highest BCUT2D eigenvalue weighted by Crippen LogP contribution is 2.31. The number of rotatable bonds is 3. The normalized spacial score (nSPS) is 14.5. The lowest BCUT2D eigenvalue weighted by atomic mass is 10.0. The van der Waals surface area contributed by atoms with Gasteiger partial charge < -0.3 is 10.6 Å². The van der Waals surface area contributed by atoms with Gasteiger partial charge in [-0.15, -0.1) is 11.3 Å². The average molecular weight is 343 g/mol. The summed E-state index contributed by atoms with van der Waals surface area (Å²) >= 11 is 8.27. The Hall–Kier alpha value is -1.55. The molecule has 0 amide bonds. The molecule has 0 radical (unpaired) electrons. The molecule has 3 aromatic rings. The van der Waals surface area contributed by atoms with Crippen LogP contribution in [0.15, 0.2) is 41.8 Å². The van der Waals surface area contributed by atoms with Crippen LogP contribution >= 0.6 is 22.9 Å². The molecule has 2 heterocycles. The predicted molar refractivity (Wildman–Crippen MR) is 101 cm³/mol. The molecule has 0 saturated heterocycles. The van der Waals surface area contributed by atoms with Gasteiger partial charge in [0.25, 0.3) is 0 Å². The van der Waals surface area contributed by atoms with Gasteiger partial charge in [-0.2, -0.15) is 0 Å². The Morgan fingerprint density at radius 1 is 1.09 bits per heavy atom. The zero-order valence-electron chi connectivity index (χ0n) is 12.9. The molecule has 1 aliphatic rings. The van der Waals surface area contributed by atoms with E-state index >= 15 is 0 Å². The highest BCUT2D eigenvalue weighted by molar-refractivity contribution is 7.17. The standard InChI is InChI=1S/C19H19ClN2S/c20-17-4-3-14-5-8-21-9-6-16(14)19(17)22-12-13-1-2-15-7-10-23-18(15)11-13/h1-4,7,10-11,21-22H,5-6,8-9,12H2. The fourth-order valence-electron chi connectivity index (χ4n) is 3.23. The second-order valence-corrected chi connectivity index (χ2v) is 7.31. The van der Waals surface area contributed by atoms with Crippen molar-refractivity contribution in [3.05, 3.63) is 63.5 Å². The SMILES string of the molecule is Clc1ccc2c(c1NCc1ccc3ccsc3c1)CCNCC2. The molecule has 4 rings (SSSR count). The van der Waals surface area contributed by atoms with Crippen LogP contribution in [0.5, 0.6) is 0 Å². The molecule has 0 spiro atoms. The number of halogens is 1. The molecule has 1 aliphatic heterocycles. The van der Waals surface area contributed by atoms with Crippen LogP contribution in [0.3, 0.4) is 0 Å². The van der Waals surface area contributed by atoms with Crippen LogP contribution in [-0.4, -0.2) is 13.1 Å². The van der Waals surface area contributed by atoms with Crippen molar-refractivity contribution in [1.29, 1.82) is 0 Å². The second kappa shape index (κ2) is 6.52. The maximum atomic E-state index is 6.48. The van der Waals surface area contributed by atoms with Gasteiger partial charge in [-0.3, -0.25) is 0 Å². The lowest BCUT2D eigenvalue weighted by molar-refractivity contribution is 0.711. The third kappa shape index (κ3) is 3.09. The fraction of sp³-hybridized carbons (Fsp3) is 0.263. The zero-order chi connectivity index (χ0) is 15.6. The van der Waals surface area contributed by atoms with Gasteiger partial charge in [-0.05, 0) is 71.6 Å². The number of nitrogens with one attached hydrogen (secondary N) is 2. The Kier molecular flexibility index (Phi) is 4.25. The highest BCUT2D eigenvalue weighted by atomic mass is 35.5. The van der Waals surface area contributed by atoms with Crippen molar-refractivity contribution in [1.82, 2.24) is 5.32 Å². The highest BCUT2D eigenvalue weighted by Gasteiger charge is 2.14. The zero-order valence-corrected chi connectivity index (χ0v) is 14.4. The first-order valence-electron chi connectivity index (χ1n) is 8.02. The summed E-state index contributed by atoms with van der Waals surface area (Å²) in [6.07, 6.45) is 2.10. The van der Waals surface area contributed by atoms with E-state index < -0.39 is 0 Å². The number of fused-ring (bicyclic) bond motifs is 2. The molecule has 2 nitrogen and oxygen atoms in total. The van der Waals surface area contributed by atoms with Crippen LogP contribution in [0.2, 0.25) is 5.02 Å². The van der Waals surface area contributed by atoms with E-state index in [9.17, 15) is 0 Å². The molecular weight excluding hydrogens is 324 g/mol. The molecule has 4 heteroatoms. The van der Waals surface area contributed by atoms with Gasteiger partial charge in [0.15, 0.2) is 0 Å². The molecule has 118 valence electrons. The van der Waals surface area contributed by atoms with E-state index in [0.717, 1.165) is 43.2 Å². The van der Waals surface area contributed by atoms with Crippen molar-refractivity contribution in [2.75, 3.05) is 18.4 Å². The molecule has 0 bridgehead atoms. The summed E-state index contributed by atoms with van der Waals surface area (Å²) in [7, 11) is 0. The van der Waals surface area contributed by atoms with Crippen molar-refractivity contribution < 1.29 is 0 Å². The predicted octanol–water partition coefficient (Wildman–Crippen LogP) is 4.86. The summed E-state index contributed by atoms with van der Waals surface area (Å²) in [5.41, 5.74) is 5.19. The summed E-state index contributed by atoms with van der Waals surface area (Å²) in [4.78, 5) is 0. The van der Waals surface area contributed by atoms with Crippen molar-refractivity contribution >= 4 is 38.7 Å². The van der Waals surface area contributed by atoms with Crippen molar-refractivity contribution in [2.45, 2.75) is 19.4 Å². The Labute approximate surface area is 145 Å². The molecule has 0 aliphatic carbocycles. The molecule has 1 aromatic heterocycles. The third-order valence-corrected chi connectivity index (χ3v) is 5.67. The minimum absolute atomic E-state index is 0.803. The molecule has 0 unspecified atom stereocenters. The molecule has 0 fully saturated rings. The molecule has 0 saturated carbocycles. The number of hydrogen-bond acceptors (Lipinski definition) is 3. The van der Waals surface area contributed by atoms with E-state index in [-0.39, 0.29) is 0 Å². The maximum Gasteiger partial charge on any atom is 0.0640 e. The van der Waals surface area contributed by atoms with Gasteiger partial charge >= 0.3 is 0 Å². The molecule has 2 N–H and O–H groups in total. The van der Waals surface area contributed by atoms with Crippen molar-refractivity contribution in [3.8, 4) is 0 Å². The fourth-order valence-corrected chi connectivity index (χ4v) is 4.33. The van der Waals surface area contributed by atoms with Gasteiger partial charge in [0.05, 0.1) is 10.7 Å². The van der Waals surface area contributed by atoms with Crippen LogP contribution in [0.25, 0.3) is 10.1 Å². The summed E-state index contributed by atoms with van der Waals surface area (Å²) in [5.74, 6) is 0. The van der Waals surface area contributed by atoms with Crippen LogP contribution in [0.1, 0.15) is 16.7 Å². The van der Waals surface area contributed by atoms with Crippen LogP contribution in [0, 0.1) is 0 Å². The van der Waals surface area contributed by atoms with Gasteiger partial charge in [0, 0.05) is 11.2 Å². The van der Waals surface area contributed by atoms with E-state index in [4.69, 9.17) is 11.6 Å². The molecule has 23 heavy (non-hydrogen) atoms. The summed E-state index contributed by atoms with van der Waals surface area (Å²) in [6, 6.07) is 13.0. The third-order valence-electron chi connectivity index (χ3n) is 4.47. The van der Waals surface area contributed by atoms with E-state index in [0.29, 0.717) is 0 Å². The summed E-state index contributed by atoms with van der Waals surface area (Å²) < 4.78 is 1.34. The largest absolute Gasteiger partial charge is 0.380 e. The Bertz CT molecular complexity index is 841. The van der Waals surface area contributed by atoms with Crippen LogP contribution in [-0.2, 0) is 19.4 Å². The first-order valence-corrected chi connectivity index (χ1v) is 9.28. The van der Waals surface area contributed by atoms with E-state index in [1.807, 2.05) is 6.07 Å². The Morgan fingerprint density at radius 2 is 2.00 bits per heavy atom. The smallest absolute Gasteiger partial charge is 0.0640 e. The van der Waals surface area contributed by atoms with Gasteiger partial charge in [0.1, 0.15) is 0 Å². The van der Waals surface area contributed by atoms with E-state index in [1.165, 1.54) is 26.8 Å². The molecule has 0 atom stereocenters.